The number of hydrogen-bond donors (Lipinski definition) is 1. The predicted molar refractivity (Wildman–Crippen MR) is 106 cm³/mol. The van der Waals surface area contributed by atoms with Crippen LogP contribution in [0.2, 0.25) is 5.02 Å². The maximum absolute atomic E-state index is 11.7. The zero-order chi connectivity index (χ0) is 17.5. The highest BCUT2D eigenvalue weighted by atomic mass is 35.5. The number of carbonyl (C=O) groups excluding carboxylic acids is 1. The van der Waals surface area contributed by atoms with Crippen molar-refractivity contribution in [1.82, 2.24) is 0 Å². The smallest absolute Gasteiger partial charge is 0.308 e. The van der Waals surface area contributed by atoms with Crippen molar-refractivity contribution in [2.24, 2.45) is 11.7 Å². The van der Waals surface area contributed by atoms with E-state index in [4.69, 9.17) is 22.1 Å². The largest absolute Gasteiger partial charge is 0.466 e. The van der Waals surface area contributed by atoms with Gasteiger partial charge in [0, 0.05) is 11.1 Å². The molecule has 2 rings (SSSR count). The molecule has 0 saturated heterocycles. The topological polar surface area (TPSA) is 52.3 Å². The lowest BCUT2D eigenvalue weighted by molar-refractivity contribution is -0.147. The van der Waals surface area contributed by atoms with Crippen LogP contribution in [0.4, 0.5) is 0 Å². The molecule has 0 aliphatic heterocycles. The first-order valence-electron chi connectivity index (χ1n) is 8.26. The van der Waals surface area contributed by atoms with Gasteiger partial charge >= 0.3 is 5.97 Å². The van der Waals surface area contributed by atoms with Crippen molar-refractivity contribution in [3.05, 3.63) is 59.1 Å². The summed E-state index contributed by atoms with van der Waals surface area (Å²) in [7, 11) is 0. The Balaban J connectivity index is 0.00000312. The summed E-state index contributed by atoms with van der Waals surface area (Å²) in [5.41, 5.74) is 9.55. The zero-order valence-electron chi connectivity index (χ0n) is 14.6. The summed E-state index contributed by atoms with van der Waals surface area (Å²) in [6.45, 7) is 4.08. The van der Waals surface area contributed by atoms with Crippen molar-refractivity contribution in [3.63, 3.8) is 0 Å². The van der Waals surface area contributed by atoms with E-state index in [9.17, 15) is 4.79 Å². The number of benzene rings is 2. The minimum atomic E-state index is -0.177. The maximum atomic E-state index is 11.7. The number of nitrogens with two attached hydrogens (primary N) is 1. The second-order valence-electron chi connectivity index (χ2n) is 6.06. The molecule has 0 radical (unpaired) electrons. The molecule has 0 spiro atoms. The minimum Gasteiger partial charge on any atom is -0.466 e. The first-order valence-corrected chi connectivity index (χ1v) is 8.64. The lowest BCUT2D eigenvalue weighted by Gasteiger charge is -2.16. The van der Waals surface area contributed by atoms with E-state index in [1.807, 2.05) is 38.1 Å². The predicted octanol–water partition coefficient (Wildman–Crippen LogP) is 4.89. The number of hydrogen-bond acceptors (Lipinski definition) is 3. The molecule has 0 bridgehead atoms. The van der Waals surface area contributed by atoms with Crippen LogP contribution in [-0.2, 0) is 16.0 Å². The van der Waals surface area contributed by atoms with Crippen LogP contribution in [0.15, 0.2) is 48.5 Å². The molecule has 2 aromatic carbocycles. The quantitative estimate of drug-likeness (QED) is 0.694. The summed E-state index contributed by atoms with van der Waals surface area (Å²) in [5.74, 6) is -0.352. The Morgan fingerprint density at radius 2 is 1.84 bits per heavy atom. The van der Waals surface area contributed by atoms with Gasteiger partial charge in [0.1, 0.15) is 0 Å². The van der Waals surface area contributed by atoms with Crippen LogP contribution in [0.5, 0.6) is 0 Å². The molecule has 0 fully saturated rings. The zero-order valence-corrected chi connectivity index (χ0v) is 16.1. The fraction of sp³-hybridized carbons (Fsp3) is 0.350. The van der Waals surface area contributed by atoms with E-state index in [-0.39, 0.29) is 30.3 Å². The standard InChI is InChI=1S/C20H24ClNO2.ClH/c1-3-24-20(23)14(2)11-19(22)12-15-7-9-16(10-8-15)17-5-4-6-18(21)13-17;/h4-10,13-14,19H,3,11-12,22H2,1-2H3;1H/t14-,19?;/m0./s1. The summed E-state index contributed by atoms with van der Waals surface area (Å²) < 4.78 is 5.02. The van der Waals surface area contributed by atoms with Crippen molar-refractivity contribution in [2.75, 3.05) is 6.61 Å². The molecule has 0 aliphatic carbocycles. The van der Waals surface area contributed by atoms with Gasteiger partial charge in [0.05, 0.1) is 12.5 Å². The second kappa shape index (κ2) is 10.4. The third-order valence-electron chi connectivity index (χ3n) is 3.96. The Kier molecular flexibility index (Phi) is 8.98. The monoisotopic (exact) mass is 381 g/mol. The molecule has 0 amide bonds. The van der Waals surface area contributed by atoms with E-state index < -0.39 is 0 Å². The van der Waals surface area contributed by atoms with Gasteiger partial charge in [0.25, 0.3) is 0 Å². The van der Waals surface area contributed by atoms with E-state index >= 15 is 0 Å². The van der Waals surface area contributed by atoms with Crippen LogP contribution < -0.4 is 5.73 Å². The molecule has 0 saturated carbocycles. The van der Waals surface area contributed by atoms with Gasteiger partial charge in [-0.25, -0.2) is 0 Å². The van der Waals surface area contributed by atoms with E-state index in [0.29, 0.717) is 13.0 Å². The summed E-state index contributed by atoms with van der Waals surface area (Å²) >= 11 is 6.04. The third kappa shape index (κ3) is 6.69. The highest BCUT2D eigenvalue weighted by Crippen LogP contribution is 2.23. The Morgan fingerprint density at radius 3 is 2.44 bits per heavy atom. The van der Waals surface area contributed by atoms with Crippen molar-refractivity contribution >= 4 is 30.0 Å². The lowest BCUT2D eigenvalue weighted by Crippen LogP contribution is -2.29. The maximum Gasteiger partial charge on any atom is 0.308 e. The molecule has 0 aromatic heterocycles. The average Bonchev–Trinajstić information content (AvgIpc) is 2.55. The minimum absolute atomic E-state index is 0. The summed E-state index contributed by atoms with van der Waals surface area (Å²) in [5, 5.41) is 0.728. The number of rotatable bonds is 7. The van der Waals surface area contributed by atoms with E-state index in [2.05, 4.69) is 24.3 Å². The van der Waals surface area contributed by atoms with E-state index in [1.54, 1.807) is 0 Å². The molecule has 5 heteroatoms. The Labute approximate surface area is 160 Å². The first-order chi connectivity index (χ1) is 11.5. The highest BCUT2D eigenvalue weighted by Gasteiger charge is 2.17. The second-order valence-corrected chi connectivity index (χ2v) is 6.50. The van der Waals surface area contributed by atoms with Crippen LogP contribution in [0.25, 0.3) is 11.1 Å². The van der Waals surface area contributed by atoms with Gasteiger partial charge in [0.2, 0.25) is 0 Å². The normalized spacial score (nSPS) is 12.8. The third-order valence-corrected chi connectivity index (χ3v) is 4.19. The molecule has 136 valence electrons. The molecular formula is C20H25Cl2NO2. The summed E-state index contributed by atoms with van der Waals surface area (Å²) in [6.07, 6.45) is 1.36. The SMILES string of the molecule is CCOC(=O)[C@@H](C)CC(N)Cc1ccc(-c2cccc(Cl)c2)cc1.Cl. The van der Waals surface area contributed by atoms with Gasteiger partial charge in [-0.05, 0) is 48.6 Å². The van der Waals surface area contributed by atoms with Crippen molar-refractivity contribution in [3.8, 4) is 11.1 Å². The fourth-order valence-corrected chi connectivity index (χ4v) is 2.91. The van der Waals surface area contributed by atoms with Crippen molar-refractivity contribution in [2.45, 2.75) is 32.7 Å². The number of esters is 1. The molecule has 25 heavy (non-hydrogen) atoms. The van der Waals surface area contributed by atoms with Crippen LogP contribution in [-0.4, -0.2) is 18.6 Å². The van der Waals surface area contributed by atoms with Crippen LogP contribution in [0.3, 0.4) is 0 Å². The van der Waals surface area contributed by atoms with Gasteiger partial charge in [0.15, 0.2) is 0 Å². The lowest BCUT2D eigenvalue weighted by atomic mass is 9.95. The van der Waals surface area contributed by atoms with Gasteiger partial charge in [-0.2, -0.15) is 0 Å². The summed E-state index contributed by atoms with van der Waals surface area (Å²) in [4.78, 5) is 11.7. The number of ether oxygens (including phenoxy) is 1. The molecule has 2 atom stereocenters. The van der Waals surface area contributed by atoms with Gasteiger partial charge in [-0.3, -0.25) is 4.79 Å². The number of carbonyl (C=O) groups is 1. The molecule has 3 nitrogen and oxygen atoms in total. The Morgan fingerprint density at radius 1 is 1.16 bits per heavy atom. The summed E-state index contributed by atoms with van der Waals surface area (Å²) in [6, 6.07) is 16.0. The molecule has 0 heterocycles. The molecular weight excluding hydrogens is 357 g/mol. The highest BCUT2D eigenvalue weighted by molar-refractivity contribution is 6.30. The fourth-order valence-electron chi connectivity index (χ4n) is 2.72. The van der Waals surface area contributed by atoms with Gasteiger partial charge in [-0.15, -0.1) is 12.4 Å². The number of halogens is 2. The van der Waals surface area contributed by atoms with Crippen LogP contribution in [0, 0.1) is 5.92 Å². The van der Waals surface area contributed by atoms with Gasteiger partial charge < -0.3 is 10.5 Å². The Hall–Kier alpha value is -1.55. The van der Waals surface area contributed by atoms with Crippen LogP contribution in [0.1, 0.15) is 25.8 Å². The van der Waals surface area contributed by atoms with E-state index in [1.165, 1.54) is 0 Å². The van der Waals surface area contributed by atoms with Crippen molar-refractivity contribution < 1.29 is 9.53 Å². The molecule has 2 N–H and O–H groups in total. The van der Waals surface area contributed by atoms with Gasteiger partial charge in [-0.1, -0.05) is 54.9 Å². The average molecular weight is 382 g/mol. The molecule has 0 aliphatic rings. The molecule has 1 unspecified atom stereocenters. The van der Waals surface area contributed by atoms with Crippen molar-refractivity contribution in [1.29, 1.82) is 0 Å². The first kappa shape index (κ1) is 21.5. The molecule has 2 aromatic rings. The van der Waals surface area contributed by atoms with Crippen LogP contribution >= 0.6 is 24.0 Å². The van der Waals surface area contributed by atoms with E-state index in [0.717, 1.165) is 28.1 Å². The Bertz CT molecular complexity index is 674.